The standard InChI is InChI=1S/C22H27F3N4O4S2/c23-22(24,25)21(30)27-26-16-9-11-17(12-10-16)29-35(31,32)20-8-4-5-18(15-20)28-33-13-14-34-19-6-2-1-3-7-19/h4-5,8-12,15,19,26,28-29H,1-3,6-7,13-14H2,(H,27,30). The van der Waals surface area contributed by atoms with Gasteiger partial charge in [0, 0.05) is 16.7 Å². The maximum absolute atomic E-state index is 12.7. The van der Waals surface area contributed by atoms with E-state index in [0.29, 0.717) is 17.5 Å². The van der Waals surface area contributed by atoms with Gasteiger partial charge in [0.25, 0.3) is 10.0 Å². The van der Waals surface area contributed by atoms with E-state index >= 15 is 0 Å². The van der Waals surface area contributed by atoms with Gasteiger partial charge in [-0.3, -0.25) is 30.7 Å². The van der Waals surface area contributed by atoms with Crippen LogP contribution >= 0.6 is 11.8 Å². The normalized spacial score (nSPS) is 14.8. The van der Waals surface area contributed by atoms with Crippen LogP contribution in [0.5, 0.6) is 0 Å². The smallest absolute Gasteiger partial charge is 0.298 e. The van der Waals surface area contributed by atoms with Crippen molar-refractivity contribution in [3.05, 3.63) is 48.5 Å². The van der Waals surface area contributed by atoms with Gasteiger partial charge in [-0.05, 0) is 55.3 Å². The first-order valence-corrected chi connectivity index (χ1v) is 13.5. The maximum atomic E-state index is 12.7. The summed E-state index contributed by atoms with van der Waals surface area (Å²) >= 11 is 1.90. The van der Waals surface area contributed by atoms with Crippen LogP contribution in [0.15, 0.2) is 53.4 Å². The summed E-state index contributed by atoms with van der Waals surface area (Å²) in [6.45, 7) is 0.486. The van der Waals surface area contributed by atoms with Crippen LogP contribution in [0, 0.1) is 0 Å². The van der Waals surface area contributed by atoms with Crippen LogP contribution in [-0.4, -0.2) is 38.1 Å². The van der Waals surface area contributed by atoms with Gasteiger partial charge in [-0.25, -0.2) is 8.42 Å². The van der Waals surface area contributed by atoms with Crippen molar-refractivity contribution in [1.29, 1.82) is 0 Å². The summed E-state index contributed by atoms with van der Waals surface area (Å²) in [5, 5.41) is 0.690. The zero-order valence-corrected chi connectivity index (χ0v) is 20.4. The average Bonchev–Trinajstić information content (AvgIpc) is 2.83. The van der Waals surface area contributed by atoms with E-state index in [-0.39, 0.29) is 16.3 Å². The monoisotopic (exact) mass is 532 g/mol. The number of anilines is 3. The molecule has 0 aliphatic heterocycles. The second-order valence-electron chi connectivity index (χ2n) is 7.87. The SMILES string of the molecule is O=C(NNc1ccc(NS(=O)(=O)c2cccc(NOCCSC3CCCCC3)c2)cc1)C(F)(F)F. The zero-order valence-electron chi connectivity index (χ0n) is 18.7. The molecule has 0 aromatic heterocycles. The van der Waals surface area contributed by atoms with Gasteiger partial charge in [-0.1, -0.05) is 25.3 Å². The number of hydrogen-bond acceptors (Lipinski definition) is 7. The molecule has 0 saturated heterocycles. The Kier molecular flexibility index (Phi) is 9.52. The fourth-order valence-corrected chi connectivity index (χ4v) is 5.67. The van der Waals surface area contributed by atoms with Gasteiger partial charge in [0.1, 0.15) is 0 Å². The molecule has 2 aromatic carbocycles. The first-order chi connectivity index (χ1) is 16.6. The third-order valence-electron chi connectivity index (χ3n) is 5.14. The molecule has 1 amide bonds. The Morgan fingerprint density at radius 3 is 2.37 bits per heavy atom. The minimum absolute atomic E-state index is 0.00215. The molecule has 1 aliphatic carbocycles. The summed E-state index contributed by atoms with van der Waals surface area (Å²) in [5.74, 6) is -1.30. The minimum Gasteiger partial charge on any atom is -0.298 e. The van der Waals surface area contributed by atoms with Crippen LogP contribution in [0.1, 0.15) is 32.1 Å². The Bertz CT molecular complexity index is 1080. The van der Waals surface area contributed by atoms with Crippen LogP contribution in [-0.2, 0) is 19.7 Å². The Morgan fingerprint density at radius 1 is 1.00 bits per heavy atom. The molecule has 13 heteroatoms. The van der Waals surface area contributed by atoms with Crippen molar-refractivity contribution in [3.63, 3.8) is 0 Å². The Labute approximate surface area is 206 Å². The van der Waals surface area contributed by atoms with Crippen LogP contribution in [0.2, 0.25) is 0 Å². The van der Waals surface area contributed by atoms with Gasteiger partial charge in [-0.15, -0.1) is 0 Å². The van der Waals surface area contributed by atoms with Gasteiger partial charge in [0.15, 0.2) is 0 Å². The number of halogens is 3. The van der Waals surface area contributed by atoms with Gasteiger partial charge in [0.2, 0.25) is 0 Å². The molecule has 0 bridgehead atoms. The van der Waals surface area contributed by atoms with Crippen LogP contribution in [0.3, 0.4) is 0 Å². The molecule has 1 saturated carbocycles. The topological polar surface area (TPSA) is 109 Å². The average molecular weight is 533 g/mol. The number of rotatable bonds is 11. The molecule has 0 atom stereocenters. The highest BCUT2D eigenvalue weighted by Gasteiger charge is 2.38. The number of carbonyl (C=O) groups is 1. The van der Waals surface area contributed by atoms with Gasteiger partial charge in [0.05, 0.1) is 22.9 Å². The number of amides is 1. The first kappa shape index (κ1) is 27.0. The highest BCUT2D eigenvalue weighted by Crippen LogP contribution is 2.28. The summed E-state index contributed by atoms with van der Waals surface area (Å²) in [5.41, 5.74) is 7.19. The molecular formula is C22H27F3N4O4S2. The Hall–Kier alpha value is -2.64. The number of thioether (sulfide) groups is 1. The predicted molar refractivity (Wildman–Crippen MR) is 130 cm³/mol. The second kappa shape index (κ2) is 12.4. The van der Waals surface area contributed by atoms with Crippen molar-refractivity contribution in [1.82, 2.24) is 5.43 Å². The fraction of sp³-hybridized carbons (Fsp3) is 0.409. The van der Waals surface area contributed by atoms with E-state index in [0.717, 1.165) is 5.75 Å². The molecule has 4 N–H and O–H groups in total. The molecule has 1 aliphatic rings. The third kappa shape index (κ3) is 8.82. The molecule has 192 valence electrons. The summed E-state index contributed by atoms with van der Waals surface area (Å²) in [6, 6.07) is 11.4. The highest BCUT2D eigenvalue weighted by molar-refractivity contribution is 7.99. The number of nitrogens with one attached hydrogen (secondary N) is 4. The molecule has 0 spiro atoms. The summed E-state index contributed by atoms with van der Waals surface area (Å²) in [7, 11) is -3.93. The Morgan fingerprint density at radius 2 is 1.69 bits per heavy atom. The first-order valence-electron chi connectivity index (χ1n) is 11.0. The molecule has 1 fully saturated rings. The number of hydrazine groups is 1. The van der Waals surface area contributed by atoms with Crippen LogP contribution < -0.4 is 21.1 Å². The van der Waals surface area contributed by atoms with Crippen molar-refractivity contribution in [2.45, 2.75) is 48.4 Å². The molecular weight excluding hydrogens is 505 g/mol. The molecule has 2 aromatic rings. The van der Waals surface area contributed by atoms with Crippen molar-refractivity contribution in [2.75, 3.05) is 28.0 Å². The van der Waals surface area contributed by atoms with E-state index in [1.807, 2.05) is 11.8 Å². The van der Waals surface area contributed by atoms with E-state index in [1.54, 1.807) is 12.1 Å². The van der Waals surface area contributed by atoms with E-state index in [9.17, 15) is 26.4 Å². The van der Waals surface area contributed by atoms with Crippen LogP contribution in [0.4, 0.5) is 30.2 Å². The van der Waals surface area contributed by atoms with E-state index in [2.05, 4.69) is 15.6 Å². The predicted octanol–water partition coefficient (Wildman–Crippen LogP) is 4.90. The number of hydrogen-bond donors (Lipinski definition) is 4. The largest absolute Gasteiger partial charge is 0.472 e. The van der Waals surface area contributed by atoms with Gasteiger partial charge >= 0.3 is 12.1 Å². The molecule has 35 heavy (non-hydrogen) atoms. The molecule has 8 nitrogen and oxygen atoms in total. The Balaban J connectivity index is 1.48. The van der Waals surface area contributed by atoms with E-state index in [4.69, 9.17) is 4.84 Å². The summed E-state index contributed by atoms with van der Waals surface area (Å²) < 4.78 is 64.5. The van der Waals surface area contributed by atoms with Gasteiger partial charge < -0.3 is 0 Å². The van der Waals surface area contributed by atoms with Crippen LogP contribution in [0.25, 0.3) is 0 Å². The highest BCUT2D eigenvalue weighted by atomic mass is 32.2. The lowest BCUT2D eigenvalue weighted by molar-refractivity contribution is -0.173. The molecule has 0 heterocycles. The quantitative estimate of drug-likeness (QED) is 0.241. The summed E-state index contributed by atoms with van der Waals surface area (Å²) in [4.78, 5) is 16.3. The lowest BCUT2D eigenvalue weighted by Crippen LogP contribution is -2.40. The number of alkyl halides is 3. The second-order valence-corrected chi connectivity index (χ2v) is 11.0. The molecule has 0 radical (unpaired) electrons. The van der Waals surface area contributed by atoms with E-state index in [1.165, 1.54) is 73.9 Å². The minimum atomic E-state index is -5.02. The number of sulfonamides is 1. The van der Waals surface area contributed by atoms with Crippen molar-refractivity contribution >= 4 is 44.8 Å². The summed E-state index contributed by atoms with van der Waals surface area (Å²) in [6.07, 6.45) is 1.36. The molecule has 3 rings (SSSR count). The fourth-order valence-electron chi connectivity index (χ4n) is 3.38. The van der Waals surface area contributed by atoms with E-state index < -0.39 is 22.1 Å². The lowest BCUT2D eigenvalue weighted by atomic mass is 10.0. The molecule has 0 unspecified atom stereocenters. The number of benzene rings is 2. The zero-order chi connectivity index (χ0) is 25.3. The van der Waals surface area contributed by atoms with Gasteiger partial charge in [-0.2, -0.15) is 24.9 Å². The van der Waals surface area contributed by atoms with Crippen molar-refractivity contribution in [2.24, 2.45) is 0 Å². The maximum Gasteiger partial charge on any atom is 0.472 e. The van der Waals surface area contributed by atoms with Crippen molar-refractivity contribution in [3.8, 4) is 0 Å². The van der Waals surface area contributed by atoms with Crippen molar-refractivity contribution < 1.29 is 31.2 Å². The number of carbonyl (C=O) groups excluding carboxylic acids is 1. The lowest BCUT2D eigenvalue weighted by Gasteiger charge is -2.20. The third-order valence-corrected chi connectivity index (χ3v) is 7.86.